The lowest BCUT2D eigenvalue weighted by Crippen LogP contribution is -2.60. The second kappa shape index (κ2) is 20.7. The van der Waals surface area contributed by atoms with Gasteiger partial charge in [0.15, 0.2) is 0 Å². The largest absolute Gasteiger partial charge is 0.544 e. The van der Waals surface area contributed by atoms with E-state index >= 15 is 0 Å². The molecule has 35 heavy (non-hydrogen) atoms. The second-order valence-electron chi connectivity index (χ2n) is 10.5. The summed E-state index contributed by atoms with van der Waals surface area (Å²) in [5.74, 6) is -0.224. The van der Waals surface area contributed by atoms with E-state index in [9.17, 15) is 9.90 Å². The molecule has 2 atom stereocenters. The Morgan fingerprint density at radius 2 is 1.29 bits per heavy atom. The maximum atomic E-state index is 11.2. The van der Waals surface area contributed by atoms with Crippen molar-refractivity contribution in [3.05, 3.63) is 24.6 Å². The third-order valence-corrected chi connectivity index (χ3v) is 7.41. The van der Waals surface area contributed by atoms with Crippen LogP contribution in [0.15, 0.2) is 29.5 Å². The molecule has 0 saturated heterocycles. The van der Waals surface area contributed by atoms with E-state index < -0.39 is 5.97 Å². The average Bonchev–Trinajstić information content (AvgIpc) is 3.23. The minimum Gasteiger partial charge on any atom is -0.544 e. The van der Waals surface area contributed by atoms with Crippen molar-refractivity contribution < 1.29 is 14.4 Å². The molecule has 0 amide bonds. The van der Waals surface area contributed by atoms with Crippen molar-refractivity contribution in [3.63, 3.8) is 0 Å². The lowest BCUT2D eigenvalue weighted by molar-refractivity contribution is -0.808. The highest BCUT2D eigenvalue weighted by Crippen LogP contribution is 2.23. The van der Waals surface area contributed by atoms with Gasteiger partial charge in [0.25, 0.3) is 0 Å². The first-order valence-electron chi connectivity index (χ1n) is 14.7. The molecule has 1 heterocycles. The number of aliphatic carboxylic acids is 1. The summed E-state index contributed by atoms with van der Waals surface area (Å²) in [6.07, 6.45) is 34.0. The third kappa shape index (κ3) is 14.6. The van der Waals surface area contributed by atoms with Crippen LogP contribution < -0.4 is 10.8 Å². The van der Waals surface area contributed by atoms with Crippen LogP contribution in [0.1, 0.15) is 142 Å². The smallest absolute Gasteiger partial charge is 0.209 e. The van der Waals surface area contributed by atoms with E-state index in [0.717, 1.165) is 18.7 Å². The number of carbonyl (C=O) groups is 1. The van der Waals surface area contributed by atoms with Crippen LogP contribution in [0.2, 0.25) is 0 Å². The number of hydrogen-bond acceptors (Lipinski definition) is 4. The van der Waals surface area contributed by atoms with E-state index in [-0.39, 0.29) is 17.2 Å². The average molecular weight is 490 g/mol. The summed E-state index contributed by atoms with van der Waals surface area (Å²) >= 11 is 0. The van der Waals surface area contributed by atoms with Gasteiger partial charge < -0.3 is 9.90 Å². The van der Waals surface area contributed by atoms with Gasteiger partial charge in [0.1, 0.15) is 18.9 Å². The molecule has 1 aliphatic rings. The van der Waals surface area contributed by atoms with Gasteiger partial charge in [-0.25, -0.2) is 9.48 Å². The number of quaternary nitrogens is 1. The molecule has 0 fully saturated rings. The molecular weight excluding hydrogens is 434 g/mol. The number of allylic oxidation sites excluding steroid dienone is 2. The first kappa shape index (κ1) is 31.6. The van der Waals surface area contributed by atoms with E-state index in [0.29, 0.717) is 0 Å². The Kier molecular flexibility index (Phi) is 18.7. The predicted octanol–water partition coefficient (Wildman–Crippen LogP) is 7.12. The van der Waals surface area contributed by atoms with Crippen molar-refractivity contribution in [2.75, 3.05) is 6.54 Å². The maximum Gasteiger partial charge on any atom is 0.209 e. The molecular formula is C30H55N3O2. The second-order valence-corrected chi connectivity index (χ2v) is 10.5. The van der Waals surface area contributed by atoms with Gasteiger partial charge in [0.05, 0.1) is 12.2 Å². The Balaban J connectivity index is 1.86. The first-order chi connectivity index (χ1) is 17.0. The summed E-state index contributed by atoms with van der Waals surface area (Å²) in [7, 11) is 0. The maximum absolute atomic E-state index is 11.2. The van der Waals surface area contributed by atoms with Crippen molar-refractivity contribution >= 4 is 11.8 Å². The number of amidine groups is 1. The Labute approximate surface area is 216 Å². The molecule has 1 rings (SSSR count). The molecule has 0 aliphatic carbocycles. The molecule has 0 radical (unpaired) electrons. The highest BCUT2D eigenvalue weighted by Gasteiger charge is 2.38. The summed E-state index contributed by atoms with van der Waals surface area (Å²) in [5.41, 5.74) is 6.10. The SMILES string of the molecule is C/C=C/CCCCCCCCCCCCCCCCCCCCC1=NC=C[N+]1(CC(=O)[O-])C(C)N. The predicted molar refractivity (Wildman–Crippen MR) is 148 cm³/mol. The van der Waals surface area contributed by atoms with Crippen LogP contribution in [0, 0.1) is 0 Å². The molecule has 2 unspecified atom stereocenters. The number of unbranched alkanes of at least 4 members (excludes halogenated alkanes) is 18. The first-order valence-corrected chi connectivity index (χ1v) is 14.7. The Morgan fingerprint density at radius 3 is 1.69 bits per heavy atom. The van der Waals surface area contributed by atoms with E-state index in [4.69, 9.17) is 5.73 Å². The summed E-state index contributed by atoms with van der Waals surface area (Å²) < 4.78 is 0.111. The van der Waals surface area contributed by atoms with Gasteiger partial charge in [-0.2, -0.15) is 0 Å². The van der Waals surface area contributed by atoms with Crippen molar-refractivity contribution in [1.29, 1.82) is 0 Å². The summed E-state index contributed by atoms with van der Waals surface area (Å²) in [6, 6.07) is 0. The normalized spacial score (nSPS) is 18.4. The number of nitrogens with zero attached hydrogens (tertiary/aromatic N) is 2. The topological polar surface area (TPSA) is 78.5 Å². The lowest BCUT2D eigenvalue weighted by atomic mass is 10.0. The van der Waals surface area contributed by atoms with Gasteiger partial charge in [-0.1, -0.05) is 115 Å². The van der Waals surface area contributed by atoms with Gasteiger partial charge in [0, 0.05) is 13.3 Å². The van der Waals surface area contributed by atoms with Crippen LogP contribution >= 0.6 is 0 Å². The minimum atomic E-state index is -1.08. The Bertz CT molecular complexity index is 627. The number of carboxylic acids is 1. The molecule has 0 aromatic carbocycles. The van der Waals surface area contributed by atoms with Gasteiger partial charge in [-0.05, 0) is 26.2 Å². The zero-order valence-electron chi connectivity index (χ0n) is 23.0. The molecule has 1 aliphatic heterocycles. The van der Waals surface area contributed by atoms with Crippen molar-refractivity contribution in [3.8, 4) is 0 Å². The van der Waals surface area contributed by atoms with Crippen LogP contribution in [0.5, 0.6) is 0 Å². The molecule has 202 valence electrons. The van der Waals surface area contributed by atoms with E-state index in [1.807, 2.05) is 6.92 Å². The van der Waals surface area contributed by atoms with Crippen molar-refractivity contribution in [2.45, 2.75) is 148 Å². The summed E-state index contributed by atoms with van der Waals surface area (Å²) in [6.45, 7) is 3.81. The number of carbonyl (C=O) groups excluding carboxylic acids is 1. The molecule has 5 heteroatoms. The number of carboxylic acid groups (broad SMARTS) is 1. The third-order valence-electron chi connectivity index (χ3n) is 7.41. The zero-order valence-corrected chi connectivity index (χ0v) is 23.0. The fourth-order valence-electron chi connectivity index (χ4n) is 5.12. The number of aliphatic imine (C=N–C) groups is 1. The van der Waals surface area contributed by atoms with Crippen LogP contribution in [0.3, 0.4) is 0 Å². The highest BCUT2D eigenvalue weighted by molar-refractivity contribution is 5.81. The molecule has 0 spiro atoms. The van der Waals surface area contributed by atoms with E-state index in [1.165, 1.54) is 116 Å². The highest BCUT2D eigenvalue weighted by atomic mass is 16.4. The molecule has 0 aromatic heterocycles. The fraction of sp³-hybridized carbons (Fsp3) is 0.800. The monoisotopic (exact) mass is 489 g/mol. The molecule has 0 saturated carbocycles. The fourth-order valence-corrected chi connectivity index (χ4v) is 5.12. The van der Waals surface area contributed by atoms with Crippen molar-refractivity contribution in [1.82, 2.24) is 0 Å². The number of nitrogens with two attached hydrogens (primary N) is 1. The lowest BCUT2D eigenvalue weighted by Gasteiger charge is -2.36. The van der Waals surface area contributed by atoms with Crippen molar-refractivity contribution in [2.24, 2.45) is 10.7 Å². The summed E-state index contributed by atoms with van der Waals surface area (Å²) in [5, 5.41) is 11.2. The summed E-state index contributed by atoms with van der Waals surface area (Å²) in [4.78, 5) is 15.6. The number of hydrogen-bond donors (Lipinski definition) is 1. The van der Waals surface area contributed by atoms with Gasteiger partial charge >= 0.3 is 0 Å². The Morgan fingerprint density at radius 1 is 0.857 bits per heavy atom. The number of rotatable bonds is 24. The molecule has 0 bridgehead atoms. The Hall–Kier alpha value is -1.46. The van der Waals surface area contributed by atoms with Crippen LogP contribution in [0.4, 0.5) is 0 Å². The molecule has 5 nitrogen and oxygen atoms in total. The van der Waals surface area contributed by atoms with E-state index in [2.05, 4.69) is 24.1 Å². The van der Waals surface area contributed by atoms with Gasteiger partial charge in [-0.15, -0.1) is 0 Å². The van der Waals surface area contributed by atoms with Crippen LogP contribution in [-0.2, 0) is 4.79 Å². The minimum absolute atomic E-state index is 0.111. The van der Waals surface area contributed by atoms with Crippen LogP contribution in [-0.4, -0.2) is 29.0 Å². The van der Waals surface area contributed by atoms with E-state index in [1.54, 1.807) is 12.4 Å². The molecule has 0 aromatic rings. The quantitative estimate of drug-likeness (QED) is 0.0890. The molecule has 2 N–H and O–H groups in total. The van der Waals surface area contributed by atoms with Crippen LogP contribution in [0.25, 0.3) is 0 Å². The zero-order chi connectivity index (χ0) is 25.6. The van der Waals surface area contributed by atoms with Gasteiger partial charge in [-0.3, -0.25) is 5.73 Å². The van der Waals surface area contributed by atoms with Gasteiger partial charge in [0.2, 0.25) is 5.84 Å². The standard InChI is InChI=1S/C30H55N3O2/c1-3-4-5-6-7-8-9-10-11-12-13-14-15-16-17-18-19-20-21-22-23-24-29-32-25-26-33(29,28(2)31)27-30(34)35/h3-4,25-26,28H,5-24,27,31H2,1-2H3/b4-3+.